The molecule has 0 aromatic heterocycles. The molecule has 1 radical (unpaired) electrons. The summed E-state index contributed by atoms with van der Waals surface area (Å²) in [6, 6.07) is 0. The molecule has 0 aromatic rings. The molecule has 2 aliphatic rings. The Morgan fingerprint density at radius 1 is 0.929 bits per heavy atom. The van der Waals surface area contributed by atoms with E-state index in [4.69, 9.17) is 4.12 Å². The maximum atomic E-state index is 5.65. The predicted octanol–water partition coefficient (Wildman–Crippen LogP) is 1.80. The molecule has 2 aliphatic carbocycles. The first-order chi connectivity index (χ1) is 6.92. The molecule has 2 saturated carbocycles. The van der Waals surface area contributed by atoms with Gasteiger partial charge in [-0.2, -0.15) is 0 Å². The quantitative estimate of drug-likeness (QED) is 0.666. The second kappa shape index (κ2) is 5.47. The highest BCUT2D eigenvalue weighted by Crippen LogP contribution is 2.44. The average Bonchev–Trinajstić information content (AvgIpc) is 2.87. The fraction of sp³-hybridized carbons (Fsp3) is 1.00. The molecule has 2 fully saturated rings. The van der Waals surface area contributed by atoms with Crippen LogP contribution in [0.4, 0.5) is 0 Å². The largest absolute Gasteiger partial charge is 0.466 e. The summed E-state index contributed by atoms with van der Waals surface area (Å²) in [7, 11) is 1.30. The lowest BCUT2D eigenvalue weighted by Gasteiger charge is -2.27. The van der Waals surface area contributed by atoms with Crippen LogP contribution in [0.25, 0.3) is 0 Å². The van der Waals surface area contributed by atoms with E-state index in [0.717, 1.165) is 27.9 Å². The normalized spacial score (nSPS) is 25.5. The van der Waals surface area contributed by atoms with Gasteiger partial charge in [0.15, 0.2) is 9.76 Å². The topological polar surface area (TPSA) is 9.23 Å². The van der Waals surface area contributed by atoms with Gasteiger partial charge in [0.05, 0.1) is 0 Å². The lowest BCUT2D eigenvalue weighted by molar-refractivity contribution is 0.362. The zero-order chi connectivity index (χ0) is 9.80. The van der Waals surface area contributed by atoms with E-state index in [1.54, 1.807) is 0 Å². The number of rotatable bonds is 4. The summed E-state index contributed by atoms with van der Waals surface area (Å²) in [6.45, 7) is 0. The standard InChI is InChI=1S/C11H23OSi2/c13-12-14-11(9-5-1-2-6-9)10-7-3-4-8-10/h9-11,14H,1-8H2,13H3. The van der Waals surface area contributed by atoms with Crippen LogP contribution in [0.3, 0.4) is 0 Å². The van der Waals surface area contributed by atoms with Gasteiger partial charge in [0, 0.05) is 0 Å². The van der Waals surface area contributed by atoms with Gasteiger partial charge >= 0.3 is 0 Å². The molecular weight excluding hydrogens is 204 g/mol. The molecule has 0 N–H and O–H groups in total. The second-order valence-electron chi connectivity index (χ2n) is 5.04. The minimum absolute atomic E-state index is 0.337. The van der Waals surface area contributed by atoms with E-state index < -0.39 is 0 Å². The first-order valence-electron chi connectivity index (χ1n) is 6.28. The zero-order valence-electron chi connectivity index (χ0n) is 9.37. The number of hydrogen-bond donors (Lipinski definition) is 0. The van der Waals surface area contributed by atoms with Crippen LogP contribution in [0.15, 0.2) is 0 Å². The highest BCUT2D eigenvalue weighted by Gasteiger charge is 2.33. The van der Waals surface area contributed by atoms with Crippen molar-refractivity contribution < 1.29 is 4.12 Å². The van der Waals surface area contributed by atoms with Crippen LogP contribution in [-0.4, -0.2) is 20.2 Å². The van der Waals surface area contributed by atoms with Crippen LogP contribution >= 0.6 is 0 Å². The van der Waals surface area contributed by atoms with Crippen LogP contribution < -0.4 is 0 Å². The fourth-order valence-electron chi connectivity index (χ4n) is 3.45. The third-order valence-electron chi connectivity index (χ3n) is 4.18. The molecule has 0 spiro atoms. The Bertz CT molecular complexity index is 147. The van der Waals surface area contributed by atoms with Crippen LogP contribution in [0.1, 0.15) is 51.4 Å². The lowest BCUT2D eigenvalue weighted by Crippen LogP contribution is -2.21. The molecule has 0 aliphatic heterocycles. The zero-order valence-corrected chi connectivity index (χ0v) is 12.5. The lowest BCUT2D eigenvalue weighted by atomic mass is 9.91. The van der Waals surface area contributed by atoms with E-state index in [2.05, 4.69) is 0 Å². The maximum Gasteiger partial charge on any atom is 0.181 e. The third-order valence-corrected chi connectivity index (χ3v) is 6.67. The molecule has 3 heteroatoms. The van der Waals surface area contributed by atoms with E-state index in [9.17, 15) is 0 Å². The van der Waals surface area contributed by atoms with Crippen LogP contribution in [0.2, 0.25) is 5.54 Å². The molecule has 0 aromatic carbocycles. The molecule has 0 atom stereocenters. The Kier molecular flexibility index (Phi) is 4.26. The van der Waals surface area contributed by atoms with E-state index in [1.165, 1.54) is 51.4 Å². The summed E-state index contributed by atoms with van der Waals surface area (Å²) < 4.78 is 5.65. The van der Waals surface area contributed by atoms with Crippen LogP contribution in [-0.2, 0) is 4.12 Å². The van der Waals surface area contributed by atoms with Gasteiger partial charge in [-0.1, -0.05) is 51.4 Å². The SMILES string of the molecule is [SiH3]O[SiH]C(C1CCCC1)C1CCCC1. The molecule has 81 valence electrons. The van der Waals surface area contributed by atoms with Gasteiger partial charge in [0.1, 0.15) is 10.5 Å². The summed E-state index contributed by atoms with van der Waals surface area (Å²) in [5, 5.41) is 0. The molecule has 0 heterocycles. The predicted molar refractivity (Wildman–Crippen MR) is 65.8 cm³/mol. The molecule has 0 amide bonds. The summed E-state index contributed by atoms with van der Waals surface area (Å²) in [4.78, 5) is 0. The van der Waals surface area contributed by atoms with Crippen molar-refractivity contribution in [3.8, 4) is 0 Å². The molecule has 2 rings (SSSR count). The molecule has 1 nitrogen and oxygen atoms in total. The Morgan fingerprint density at radius 2 is 1.36 bits per heavy atom. The Morgan fingerprint density at radius 3 is 1.71 bits per heavy atom. The monoisotopic (exact) mass is 227 g/mol. The fourth-order valence-corrected chi connectivity index (χ4v) is 5.92. The van der Waals surface area contributed by atoms with E-state index in [1.807, 2.05) is 0 Å². The van der Waals surface area contributed by atoms with E-state index in [-0.39, 0.29) is 0 Å². The number of hydrogen-bond acceptors (Lipinski definition) is 1. The van der Waals surface area contributed by atoms with Crippen molar-refractivity contribution in [2.45, 2.75) is 56.9 Å². The van der Waals surface area contributed by atoms with Crippen molar-refractivity contribution in [2.24, 2.45) is 11.8 Å². The van der Waals surface area contributed by atoms with Crippen molar-refractivity contribution in [3.05, 3.63) is 0 Å². The van der Waals surface area contributed by atoms with Gasteiger partial charge < -0.3 is 4.12 Å². The van der Waals surface area contributed by atoms with E-state index >= 15 is 0 Å². The minimum Gasteiger partial charge on any atom is -0.466 e. The van der Waals surface area contributed by atoms with Crippen LogP contribution in [0.5, 0.6) is 0 Å². The second-order valence-corrected chi connectivity index (χ2v) is 7.97. The smallest absolute Gasteiger partial charge is 0.181 e. The summed E-state index contributed by atoms with van der Waals surface area (Å²) in [5.41, 5.74) is 1.01. The van der Waals surface area contributed by atoms with Crippen molar-refractivity contribution in [3.63, 3.8) is 0 Å². The minimum atomic E-state index is 0.337. The molecule has 0 unspecified atom stereocenters. The van der Waals surface area contributed by atoms with Crippen molar-refractivity contribution in [2.75, 3.05) is 0 Å². The van der Waals surface area contributed by atoms with Crippen molar-refractivity contribution >= 4 is 20.2 Å². The van der Waals surface area contributed by atoms with Crippen molar-refractivity contribution in [1.82, 2.24) is 0 Å². The third kappa shape index (κ3) is 2.50. The van der Waals surface area contributed by atoms with Gasteiger partial charge in [0.25, 0.3) is 0 Å². The van der Waals surface area contributed by atoms with Gasteiger partial charge in [0.2, 0.25) is 0 Å². The Hall–Kier alpha value is 0.394. The Balaban J connectivity index is 1.91. The first-order valence-corrected chi connectivity index (χ1v) is 8.23. The van der Waals surface area contributed by atoms with Crippen molar-refractivity contribution in [1.29, 1.82) is 0 Å². The summed E-state index contributed by atoms with van der Waals surface area (Å²) in [6.07, 6.45) is 12.0. The van der Waals surface area contributed by atoms with Gasteiger partial charge in [-0.05, 0) is 17.4 Å². The summed E-state index contributed by atoms with van der Waals surface area (Å²) >= 11 is 0. The molecular formula is C11H23OSi2. The molecule has 0 saturated heterocycles. The molecule has 0 bridgehead atoms. The first kappa shape index (κ1) is 10.9. The van der Waals surface area contributed by atoms with Crippen LogP contribution in [0, 0.1) is 11.8 Å². The highest BCUT2D eigenvalue weighted by molar-refractivity contribution is 6.36. The molecule has 14 heavy (non-hydrogen) atoms. The Labute approximate surface area is 93.5 Å². The van der Waals surface area contributed by atoms with Gasteiger partial charge in [-0.25, -0.2) is 0 Å². The highest BCUT2D eigenvalue weighted by atomic mass is 28.3. The summed E-state index contributed by atoms with van der Waals surface area (Å²) in [5.74, 6) is 2.11. The van der Waals surface area contributed by atoms with Gasteiger partial charge in [-0.15, -0.1) is 0 Å². The van der Waals surface area contributed by atoms with Gasteiger partial charge in [-0.3, -0.25) is 0 Å². The maximum absolute atomic E-state index is 5.65. The van der Waals surface area contributed by atoms with E-state index in [0.29, 0.717) is 9.76 Å². The average molecular weight is 227 g/mol.